The number of rotatable bonds is 6. The van der Waals surface area contributed by atoms with Crippen LogP contribution in [0.1, 0.15) is 31.2 Å². The Hall–Kier alpha value is -1.49. The Balaban J connectivity index is 1.68. The van der Waals surface area contributed by atoms with Gasteiger partial charge in [-0.1, -0.05) is 19.1 Å². The summed E-state index contributed by atoms with van der Waals surface area (Å²) in [4.78, 5) is 6.91. The molecular weight excluding hydrogens is 273 g/mol. The Morgan fingerprint density at radius 1 is 1.40 bits per heavy atom. The average Bonchev–Trinajstić information content (AvgIpc) is 3.17. The molecule has 1 heterocycles. The lowest BCUT2D eigenvalue weighted by atomic mass is 10.1. The molecular formula is C15H18FN3S. The van der Waals surface area contributed by atoms with Gasteiger partial charge in [-0.25, -0.2) is 9.37 Å². The van der Waals surface area contributed by atoms with Crippen molar-refractivity contribution in [3.63, 3.8) is 0 Å². The second-order valence-corrected chi connectivity index (χ2v) is 5.88. The van der Waals surface area contributed by atoms with E-state index in [2.05, 4.69) is 21.2 Å². The highest BCUT2D eigenvalue weighted by atomic mass is 32.1. The van der Waals surface area contributed by atoms with Gasteiger partial charge in [0.1, 0.15) is 11.6 Å². The third-order valence-electron chi connectivity index (χ3n) is 3.54. The van der Waals surface area contributed by atoms with Crippen LogP contribution in [0.3, 0.4) is 0 Å². The first-order valence-electron chi connectivity index (χ1n) is 7.10. The zero-order valence-electron chi connectivity index (χ0n) is 11.6. The van der Waals surface area contributed by atoms with Crippen LogP contribution in [0.2, 0.25) is 0 Å². The fraction of sp³-hybridized carbons (Fsp3) is 0.467. The molecule has 0 radical (unpaired) electrons. The molecule has 0 unspecified atom stereocenters. The highest BCUT2D eigenvalue weighted by molar-refractivity contribution is 7.09. The summed E-state index contributed by atoms with van der Waals surface area (Å²) in [6, 6.07) is 7.45. The van der Waals surface area contributed by atoms with E-state index in [1.54, 1.807) is 12.1 Å². The van der Waals surface area contributed by atoms with Gasteiger partial charge in [0, 0.05) is 30.5 Å². The molecule has 3 rings (SSSR count). The van der Waals surface area contributed by atoms with Crippen LogP contribution in [0.15, 0.2) is 24.3 Å². The van der Waals surface area contributed by atoms with E-state index in [9.17, 15) is 4.39 Å². The molecule has 0 saturated heterocycles. The van der Waals surface area contributed by atoms with E-state index >= 15 is 0 Å². The molecule has 2 aromatic rings. The van der Waals surface area contributed by atoms with Crippen LogP contribution in [0.25, 0.3) is 0 Å². The van der Waals surface area contributed by atoms with Crippen LogP contribution >= 0.6 is 11.5 Å². The molecule has 1 saturated carbocycles. The Bertz CT molecular complexity index is 580. The minimum absolute atomic E-state index is 0.162. The van der Waals surface area contributed by atoms with Gasteiger partial charge in [0.2, 0.25) is 5.13 Å². The van der Waals surface area contributed by atoms with Crippen LogP contribution in [0.5, 0.6) is 0 Å². The van der Waals surface area contributed by atoms with Crippen LogP contribution in [0, 0.1) is 5.82 Å². The maximum absolute atomic E-state index is 13.2. The Morgan fingerprint density at radius 3 is 2.90 bits per heavy atom. The fourth-order valence-electron chi connectivity index (χ4n) is 2.27. The standard InChI is InChI=1S/C15H18FN3S/c1-2-14-17-15(20-18-14)19(13-6-7-13)9-8-11-4-3-5-12(16)10-11/h3-5,10,13H,2,6-9H2,1H3. The third-order valence-corrected chi connectivity index (χ3v) is 4.33. The number of halogens is 1. The molecule has 20 heavy (non-hydrogen) atoms. The third kappa shape index (κ3) is 3.15. The zero-order chi connectivity index (χ0) is 13.9. The minimum atomic E-state index is -0.162. The first-order valence-corrected chi connectivity index (χ1v) is 7.87. The first-order chi connectivity index (χ1) is 9.76. The highest BCUT2D eigenvalue weighted by Gasteiger charge is 2.30. The van der Waals surface area contributed by atoms with Gasteiger partial charge in [0.05, 0.1) is 0 Å². The maximum atomic E-state index is 13.2. The van der Waals surface area contributed by atoms with E-state index in [1.165, 1.54) is 30.4 Å². The molecule has 0 N–H and O–H groups in total. The van der Waals surface area contributed by atoms with Crippen molar-refractivity contribution >= 4 is 16.7 Å². The molecule has 1 fully saturated rings. The van der Waals surface area contributed by atoms with Gasteiger partial charge in [0.15, 0.2) is 0 Å². The summed E-state index contributed by atoms with van der Waals surface area (Å²) in [7, 11) is 0. The smallest absolute Gasteiger partial charge is 0.205 e. The summed E-state index contributed by atoms with van der Waals surface area (Å²) in [5.74, 6) is 0.756. The van der Waals surface area contributed by atoms with Crippen molar-refractivity contribution < 1.29 is 4.39 Å². The summed E-state index contributed by atoms with van der Waals surface area (Å²) >= 11 is 1.48. The second-order valence-electron chi connectivity index (χ2n) is 5.15. The fourth-order valence-corrected chi connectivity index (χ4v) is 3.12. The summed E-state index contributed by atoms with van der Waals surface area (Å²) in [5.41, 5.74) is 1.04. The topological polar surface area (TPSA) is 29.0 Å². The molecule has 5 heteroatoms. The Labute approximate surface area is 122 Å². The number of hydrogen-bond acceptors (Lipinski definition) is 4. The number of hydrogen-bond donors (Lipinski definition) is 0. The van der Waals surface area contributed by atoms with E-state index in [0.29, 0.717) is 6.04 Å². The second kappa shape index (κ2) is 5.87. The lowest BCUT2D eigenvalue weighted by Gasteiger charge is -2.20. The molecule has 0 spiro atoms. The predicted molar refractivity (Wildman–Crippen MR) is 79.8 cm³/mol. The zero-order valence-corrected chi connectivity index (χ0v) is 12.4. The monoisotopic (exact) mass is 291 g/mol. The van der Waals surface area contributed by atoms with Gasteiger partial charge in [-0.15, -0.1) is 0 Å². The molecule has 0 amide bonds. The number of anilines is 1. The van der Waals surface area contributed by atoms with E-state index in [0.717, 1.165) is 35.9 Å². The molecule has 3 nitrogen and oxygen atoms in total. The average molecular weight is 291 g/mol. The summed E-state index contributed by atoms with van der Waals surface area (Å²) in [6.07, 6.45) is 4.17. The van der Waals surface area contributed by atoms with Crippen molar-refractivity contribution in [2.45, 2.75) is 38.6 Å². The molecule has 0 atom stereocenters. The van der Waals surface area contributed by atoms with E-state index in [1.807, 2.05) is 6.07 Å². The van der Waals surface area contributed by atoms with Crippen LogP contribution < -0.4 is 4.90 Å². The highest BCUT2D eigenvalue weighted by Crippen LogP contribution is 2.32. The number of nitrogens with zero attached hydrogens (tertiary/aromatic N) is 3. The van der Waals surface area contributed by atoms with Crippen molar-refractivity contribution in [1.82, 2.24) is 9.36 Å². The van der Waals surface area contributed by atoms with Crippen molar-refractivity contribution in [3.8, 4) is 0 Å². The van der Waals surface area contributed by atoms with Crippen LogP contribution in [-0.4, -0.2) is 21.9 Å². The molecule has 106 valence electrons. The van der Waals surface area contributed by atoms with Gasteiger partial charge >= 0.3 is 0 Å². The van der Waals surface area contributed by atoms with Gasteiger partial charge in [-0.05, 0) is 37.0 Å². The van der Waals surface area contributed by atoms with E-state index < -0.39 is 0 Å². The molecule has 1 aromatic heterocycles. The normalized spacial score (nSPS) is 14.5. The maximum Gasteiger partial charge on any atom is 0.205 e. The van der Waals surface area contributed by atoms with Crippen molar-refractivity contribution in [1.29, 1.82) is 0 Å². The van der Waals surface area contributed by atoms with E-state index in [-0.39, 0.29) is 5.82 Å². The largest absolute Gasteiger partial charge is 0.344 e. The lowest BCUT2D eigenvalue weighted by molar-refractivity contribution is 0.624. The lowest BCUT2D eigenvalue weighted by Crippen LogP contribution is -2.28. The molecule has 0 aliphatic heterocycles. The Morgan fingerprint density at radius 2 is 2.25 bits per heavy atom. The number of aromatic nitrogens is 2. The molecule has 1 aliphatic carbocycles. The SMILES string of the molecule is CCc1nsc(N(CCc2cccc(F)c2)C2CC2)n1. The predicted octanol–water partition coefficient (Wildman–Crippen LogP) is 3.45. The first kappa shape index (κ1) is 13.5. The van der Waals surface area contributed by atoms with Gasteiger partial charge in [-0.2, -0.15) is 4.37 Å². The number of aryl methyl sites for hydroxylation is 1. The molecule has 1 aliphatic rings. The quantitative estimate of drug-likeness (QED) is 0.816. The van der Waals surface area contributed by atoms with Crippen molar-refractivity contribution in [3.05, 3.63) is 41.5 Å². The van der Waals surface area contributed by atoms with Crippen molar-refractivity contribution in [2.75, 3.05) is 11.4 Å². The van der Waals surface area contributed by atoms with Crippen LogP contribution in [0.4, 0.5) is 9.52 Å². The van der Waals surface area contributed by atoms with E-state index in [4.69, 9.17) is 0 Å². The van der Waals surface area contributed by atoms with Crippen LogP contribution in [-0.2, 0) is 12.8 Å². The Kier molecular flexibility index (Phi) is 3.96. The molecule has 1 aromatic carbocycles. The van der Waals surface area contributed by atoms with Crippen molar-refractivity contribution in [2.24, 2.45) is 0 Å². The minimum Gasteiger partial charge on any atom is -0.344 e. The summed E-state index contributed by atoms with van der Waals surface area (Å²) in [5, 5.41) is 1.01. The summed E-state index contributed by atoms with van der Waals surface area (Å²) in [6.45, 7) is 2.95. The van der Waals surface area contributed by atoms with Gasteiger partial charge in [0.25, 0.3) is 0 Å². The van der Waals surface area contributed by atoms with Gasteiger partial charge in [-0.3, -0.25) is 0 Å². The number of benzene rings is 1. The summed E-state index contributed by atoms with van der Waals surface area (Å²) < 4.78 is 17.6. The van der Waals surface area contributed by atoms with Gasteiger partial charge < -0.3 is 4.90 Å². The molecule has 0 bridgehead atoms.